The number of hydrogen-bond donors (Lipinski definition) is 0. The van der Waals surface area contributed by atoms with Crippen molar-refractivity contribution in [1.29, 1.82) is 5.26 Å². The van der Waals surface area contributed by atoms with Crippen molar-refractivity contribution in [3.8, 4) is 6.07 Å². The zero-order valence-corrected chi connectivity index (χ0v) is 10.7. The van der Waals surface area contributed by atoms with E-state index in [1.807, 2.05) is 30.7 Å². The van der Waals surface area contributed by atoms with Gasteiger partial charge in [0, 0.05) is 16.0 Å². The molecule has 2 nitrogen and oxygen atoms in total. The first kappa shape index (κ1) is 11.1. The number of aromatic nitrogens is 1. The van der Waals surface area contributed by atoms with Crippen LogP contribution in [0.5, 0.6) is 0 Å². The molecule has 0 aromatic carbocycles. The summed E-state index contributed by atoms with van der Waals surface area (Å²) in [7, 11) is 0. The lowest BCUT2D eigenvalue weighted by atomic mass is 10.2. The maximum Gasteiger partial charge on any atom is 0.134 e. The highest BCUT2D eigenvalue weighted by molar-refractivity contribution is 7.12. The Hall–Kier alpha value is -1.44. The third-order valence-electron chi connectivity index (χ3n) is 2.15. The second-order valence-corrected chi connectivity index (χ2v) is 5.24. The van der Waals surface area contributed by atoms with Crippen LogP contribution in [0, 0.1) is 25.2 Å². The first-order chi connectivity index (χ1) is 7.70. The topological polar surface area (TPSA) is 36.7 Å². The van der Waals surface area contributed by atoms with Crippen LogP contribution in [-0.4, -0.2) is 4.98 Å². The second kappa shape index (κ2) is 4.60. The maximum atomic E-state index is 9.13. The molecule has 2 aromatic heterocycles. The average molecular weight is 246 g/mol. The van der Waals surface area contributed by atoms with Crippen LogP contribution in [-0.2, 0) is 0 Å². The Balaban J connectivity index is 2.42. The van der Waals surface area contributed by atoms with Gasteiger partial charge in [0.15, 0.2) is 0 Å². The summed E-state index contributed by atoms with van der Waals surface area (Å²) >= 11 is 3.16. The summed E-state index contributed by atoms with van der Waals surface area (Å²) in [6.07, 6.45) is 1.91. The summed E-state index contributed by atoms with van der Waals surface area (Å²) in [5, 5.41) is 13.9. The molecule has 2 heterocycles. The molecular formula is C12H10N2S2. The third kappa shape index (κ3) is 2.21. The maximum absolute atomic E-state index is 9.13. The van der Waals surface area contributed by atoms with Crippen LogP contribution < -0.4 is 0 Å². The number of thiazole rings is 1. The van der Waals surface area contributed by atoms with Gasteiger partial charge >= 0.3 is 0 Å². The molecule has 2 rings (SSSR count). The molecule has 0 aliphatic heterocycles. The van der Waals surface area contributed by atoms with Gasteiger partial charge in [-0.2, -0.15) is 5.26 Å². The minimum atomic E-state index is 0.642. The second-order valence-electron chi connectivity index (χ2n) is 3.43. The zero-order chi connectivity index (χ0) is 11.5. The largest absolute Gasteiger partial charge is 0.241 e. The Kier molecular flexibility index (Phi) is 3.18. The van der Waals surface area contributed by atoms with Crippen molar-refractivity contribution in [3.63, 3.8) is 0 Å². The van der Waals surface area contributed by atoms with Crippen LogP contribution in [0.4, 0.5) is 0 Å². The SMILES string of the molecule is Cc1csc(/C(C#N)=C\c2sccc2C)n1. The molecule has 0 saturated carbocycles. The minimum Gasteiger partial charge on any atom is -0.241 e. The lowest BCUT2D eigenvalue weighted by Crippen LogP contribution is -1.80. The molecule has 16 heavy (non-hydrogen) atoms. The molecule has 4 heteroatoms. The fourth-order valence-corrected chi connectivity index (χ4v) is 2.90. The predicted octanol–water partition coefficient (Wildman–Crippen LogP) is 3.89. The Morgan fingerprint density at radius 3 is 2.75 bits per heavy atom. The van der Waals surface area contributed by atoms with Crippen molar-refractivity contribution < 1.29 is 0 Å². The molecule has 0 spiro atoms. The number of aryl methyl sites for hydroxylation is 2. The molecule has 2 aromatic rings. The molecule has 0 aliphatic rings. The van der Waals surface area contributed by atoms with E-state index in [2.05, 4.69) is 17.1 Å². The molecule has 0 unspecified atom stereocenters. The van der Waals surface area contributed by atoms with Crippen molar-refractivity contribution in [2.75, 3.05) is 0 Å². The van der Waals surface area contributed by atoms with Gasteiger partial charge in [-0.1, -0.05) is 0 Å². The molecule has 0 fully saturated rings. The van der Waals surface area contributed by atoms with E-state index in [-0.39, 0.29) is 0 Å². The molecule has 0 amide bonds. The Labute approximate surface area is 103 Å². The predicted molar refractivity (Wildman–Crippen MR) is 69.4 cm³/mol. The Morgan fingerprint density at radius 1 is 1.44 bits per heavy atom. The Bertz CT molecular complexity index is 570. The molecular weight excluding hydrogens is 236 g/mol. The fraction of sp³-hybridized carbons (Fsp3) is 0.167. The summed E-state index contributed by atoms with van der Waals surface area (Å²) in [5.74, 6) is 0. The van der Waals surface area contributed by atoms with Gasteiger partial charge in [0.05, 0.1) is 5.57 Å². The number of nitriles is 1. The summed E-state index contributed by atoms with van der Waals surface area (Å²) in [4.78, 5) is 5.45. The molecule has 0 aliphatic carbocycles. The minimum absolute atomic E-state index is 0.642. The summed E-state index contributed by atoms with van der Waals surface area (Å²) in [6, 6.07) is 4.27. The fourth-order valence-electron chi connectivity index (χ4n) is 1.28. The number of thiophene rings is 1. The van der Waals surface area contributed by atoms with E-state index in [1.54, 1.807) is 11.3 Å². The molecule has 80 valence electrons. The van der Waals surface area contributed by atoms with Gasteiger partial charge in [0.1, 0.15) is 11.1 Å². The quantitative estimate of drug-likeness (QED) is 0.754. The van der Waals surface area contributed by atoms with Gasteiger partial charge in [0.2, 0.25) is 0 Å². The monoisotopic (exact) mass is 246 g/mol. The number of hydrogen-bond acceptors (Lipinski definition) is 4. The van der Waals surface area contributed by atoms with E-state index in [4.69, 9.17) is 5.26 Å². The van der Waals surface area contributed by atoms with Crippen LogP contribution >= 0.6 is 22.7 Å². The van der Waals surface area contributed by atoms with Gasteiger partial charge in [-0.05, 0) is 36.9 Å². The van der Waals surface area contributed by atoms with E-state index in [0.29, 0.717) is 5.57 Å². The number of nitrogens with zero attached hydrogens (tertiary/aromatic N) is 2. The first-order valence-electron chi connectivity index (χ1n) is 4.79. The standard InChI is InChI=1S/C12H10N2S2/c1-8-3-4-15-11(8)5-10(6-13)12-14-9(2)7-16-12/h3-5,7H,1-2H3/b10-5-. The van der Waals surface area contributed by atoms with Gasteiger partial charge < -0.3 is 0 Å². The van der Waals surface area contributed by atoms with E-state index in [1.165, 1.54) is 16.9 Å². The van der Waals surface area contributed by atoms with E-state index >= 15 is 0 Å². The summed E-state index contributed by atoms with van der Waals surface area (Å²) in [5.41, 5.74) is 2.80. The van der Waals surface area contributed by atoms with Crippen LogP contribution in [0.15, 0.2) is 16.8 Å². The summed E-state index contributed by atoms with van der Waals surface area (Å²) < 4.78 is 0. The Morgan fingerprint density at radius 2 is 2.25 bits per heavy atom. The van der Waals surface area contributed by atoms with Gasteiger partial charge in [-0.3, -0.25) is 0 Å². The lowest BCUT2D eigenvalue weighted by molar-refractivity contribution is 1.25. The highest BCUT2D eigenvalue weighted by Gasteiger charge is 2.06. The van der Waals surface area contributed by atoms with Crippen LogP contribution in [0.25, 0.3) is 11.6 Å². The van der Waals surface area contributed by atoms with Crippen molar-refractivity contribution in [2.45, 2.75) is 13.8 Å². The molecule has 0 radical (unpaired) electrons. The van der Waals surface area contributed by atoms with Crippen LogP contribution in [0.3, 0.4) is 0 Å². The van der Waals surface area contributed by atoms with Crippen molar-refractivity contribution >= 4 is 34.3 Å². The van der Waals surface area contributed by atoms with Crippen molar-refractivity contribution in [2.24, 2.45) is 0 Å². The van der Waals surface area contributed by atoms with Crippen molar-refractivity contribution in [3.05, 3.63) is 38.0 Å². The van der Waals surface area contributed by atoms with E-state index in [9.17, 15) is 0 Å². The third-order valence-corrected chi connectivity index (χ3v) is 4.11. The van der Waals surface area contributed by atoms with Crippen LogP contribution in [0.1, 0.15) is 21.1 Å². The highest BCUT2D eigenvalue weighted by atomic mass is 32.1. The smallest absolute Gasteiger partial charge is 0.134 e. The van der Waals surface area contributed by atoms with Gasteiger partial charge in [0.25, 0.3) is 0 Å². The van der Waals surface area contributed by atoms with Crippen LogP contribution in [0.2, 0.25) is 0 Å². The average Bonchev–Trinajstić information content (AvgIpc) is 2.85. The number of rotatable bonds is 2. The zero-order valence-electron chi connectivity index (χ0n) is 9.02. The summed E-state index contributed by atoms with van der Waals surface area (Å²) in [6.45, 7) is 3.98. The van der Waals surface area contributed by atoms with E-state index < -0.39 is 0 Å². The first-order valence-corrected chi connectivity index (χ1v) is 6.55. The van der Waals surface area contributed by atoms with Gasteiger partial charge in [-0.25, -0.2) is 4.98 Å². The van der Waals surface area contributed by atoms with Gasteiger partial charge in [-0.15, -0.1) is 22.7 Å². The molecule has 0 atom stereocenters. The normalized spacial score (nSPS) is 11.4. The molecule has 0 bridgehead atoms. The number of allylic oxidation sites excluding steroid dienone is 1. The highest BCUT2D eigenvalue weighted by Crippen LogP contribution is 2.25. The van der Waals surface area contributed by atoms with E-state index in [0.717, 1.165) is 15.6 Å². The molecule has 0 N–H and O–H groups in total. The van der Waals surface area contributed by atoms with Crippen molar-refractivity contribution in [1.82, 2.24) is 4.98 Å². The molecule has 0 saturated heterocycles. The lowest BCUT2D eigenvalue weighted by Gasteiger charge is -1.93.